The summed E-state index contributed by atoms with van der Waals surface area (Å²) in [5.74, 6) is -1.02. The molecule has 188 valence electrons. The van der Waals surface area contributed by atoms with Crippen LogP contribution >= 0.6 is 11.6 Å². The van der Waals surface area contributed by atoms with Crippen LogP contribution in [0.15, 0.2) is 36.4 Å². The average Bonchev–Trinajstić information content (AvgIpc) is 3.00. The smallest absolute Gasteiger partial charge is 0.410 e. The number of halogens is 1. The van der Waals surface area contributed by atoms with Crippen molar-refractivity contribution < 1.29 is 24.6 Å². The molecule has 35 heavy (non-hydrogen) atoms. The third-order valence-corrected chi connectivity index (χ3v) is 7.74. The molecule has 2 heterocycles. The van der Waals surface area contributed by atoms with Crippen molar-refractivity contribution in [2.45, 2.75) is 58.1 Å². The predicted molar refractivity (Wildman–Crippen MR) is 133 cm³/mol. The number of carbonyl (C=O) groups excluding carboxylic acids is 1. The van der Waals surface area contributed by atoms with Gasteiger partial charge in [-0.3, -0.25) is 5.17 Å². The fourth-order valence-electron chi connectivity index (χ4n) is 5.21. The van der Waals surface area contributed by atoms with E-state index in [4.69, 9.17) is 16.3 Å². The van der Waals surface area contributed by atoms with Crippen molar-refractivity contribution >= 4 is 29.4 Å². The molecule has 2 aromatic carbocycles. The van der Waals surface area contributed by atoms with Gasteiger partial charge in [-0.05, 0) is 61.4 Å². The normalized spacial score (nSPS) is 21.4. The molecule has 0 saturated carbocycles. The van der Waals surface area contributed by atoms with Crippen LogP contribution < -0.4 is 10.6 Å². The molecule has 2 aromatic rings. The van der Waals surface area contributed by atoms with Gasteiger partial charge in [0.25, 0.3) is 0 Å². The van der Waals surface area contributed by atoms with Crippen LogP contribution in [-0.4, -0.2) is 47.3 Å². The number of aryl methyl sites for hydroxylation is 3. The van der Waals surface area contributed by atoms with Gasteiger partial charge in [-0.15, -0.1) is 0 Å². The van der Waals surface area contributed by atoms with E-state index in [9.17, 15) is 19.9 Å². The first kappa shape index (κ1) is 25.3. The van der Waals surface area contributed by atoms with E-state index in [-0.39, 0.29) is 23.6 Å². The third-order valence-electron chi connectivity index (χ3n) is 7.14. The zero-order valence-corrected chi connectivity index (χ0v) is 20.8. The number of carboxylic acid groups (broad SMARTS) is 1. The second-order valence-electron chi connectivity index (χ2n) is 9.57. The summed E-state index contributed by atoms with van der Waals surface area (Å²) >= 11 is 6.21. The number of benzene rings is 2. The van der Waals surface area contributed by atoms with Crippen LogP contribution in [0, 0.1) is 25.0 Å². The van der Waals surface area contributed by atoms with Crippen LogP contribution in [0.25, 0.3) is 0 Å². The number of hydrogen-bond acceptors (Lipinski definition) is 5. The summed E-state index contributed by atoms with van der Waals surface area (Å²) in [5, 5.41) is 23.2. The van der Waals surface area contributed by atoms with Gasteiger partial charge in [0, 0.05) is 36.9 Å². The molecular formula is C26H32ClN3O5. The van der Waals surface area contributed by atoms with Crippen LogP contribution in [0.4, 0.5) is 10.5 Å². The Labute approximate surface area is 210 Å². The van der Waals surface area contributed by atoms with Gasteiger partial charge < -0.3 is 20.0 Å². The Hall–Kier alpha value is -2.81. The van der Waals surface area contributed by atoms with Gasteiger partial charge in [0.1, 0.15) is 6.04 Å². The number of rotatable bonds is 5. The van der Waals surface area contributed by atoms with Crippen molar-refractivity contribution in [3.63, 3.8) is 0 Å². The number of ether oxygens (including phenoxy) is 1. The van der Waals surface area contributed by atoms with Crippen LogP contribution in [0.3, 0.4) is 0 Å². The number of anilines is 1. The molecule has 0 spiro atoms. The molecule has 0 aromatic heterocycles. The lowest BCUT2D eigenvalue weighted by Gasteiger charge is -2.39. The molecule has 9 heteroatoms. The van der Waals surface area contributed by atoms with Gasteiger partial charge in [-0.2, -0.15) is 0 Å². The lowest BCUT2D eigenvalue weighted by molar-refractivity contribution is -0.857. The number of para-hydroxylation sites is 1. The third kappa shape index (κ3) is 5.89. The SMILES string of the molecule is Cc1cc(C[C@@H](OC(=O)N2CCC(C3CCc4ccccc4N[NH+]3[O-])CC2)C(=O)O)cc(C)c1Cl. The molecule has 0 aliphatic carbocycles. The number of piperidine rings is 1. The number of carbonyl (C=O) groups is 2. The fraction of sp³-hybridized carbons (Fsp3) is 0.462. The van der Waals surface area contributed by atoms with Crippen molar-refractivity contribution in [2.24, 2.45) is 5.92 Å². The summed E-state index contributed by atoms with van der Waals surface area (Å²) in [4.78, 5) is 26.1. The molecule has 3 atom stereocenters. The zero-order chi connectivity index (χ0) is 25.1. The van der Waals surface area contributed by atoms with Gasteiger partial charge in [-0.1, -0.05) is 41.9 Å². The molecule has 8 nitrogen and oxygen atoms in total. The predicted octanol–water partition coefficient (Wildman–Crippen LogP) is 3.53. The standard InChI is InChI=1S/C26H32ClN3O5/c1-16-13-18(14-17(2)24(16)27)15-23(25(31)32)35-26(33)29-11-9-20(10-12-29)22-8-7-19-5-3-4-6-21(19)28-30(22)34/h3-6,13-14,20,22-23,28,30H,7-12,15H2,1-2H3,(H,31,32)/t22?,23-/m1/s1. The van der Waals surface area contributed by atoms with Crippen molar-refractivity contribution in [3.8, 4) is 0 Å². The highest BCUT2D eigenvalue weighted by Crippen LogP contribution is 2.27. The topological polar surface area (TPSA) is 106 Å². The first-order valence-electron chi connectivity index (χ1n) is 12.1. The Morgan fingerprint density at radius 1 is 1.20 bits per heavy atom. The Kier molecular flexibility index (Phi) is 7.84. The Balaban J connectivity index is 1.33. The lowest BCUT2D eigenvalue weighted by atomic mass is 9.86. The van der Waals surface area contributed by atoms with Crippen LogP contribution in [-0.2, 0) is 22.4 Å². The summed E-state index contributed by atoms with van der Waals surface area (Å²) in [7, 11) is 0. The maximum Gasteiger partial charge on any atom is 0.410 e. The van der Waals surface area contributed by atoms with E-state index in [2.05, 4.69) is 5.43 Å². The molecule has 3 N–H and O–H groups in total. The van der Waals surface area contributed by atoms with Gasteiger partial charge in [0.15, 0.2) is 0 Å². The lowest BCUT2D eigenvalue weighted by Crippen LogP contribution is -3.15. The minimum Gasteiger partial charge on any atom is -0.608 e. The molecule has 1 fully saturated rings. The highest BCUT2D eigenvalue weighted by Gasteiger charge is 2.35. The summed E-state index contributed by atoms with van der Waals surface area (Å²) in [5.41, 5.74) is 7.55. The van der Waals surface area contributed by atoms with E-state index in [1.54, 1.807) is 4.90 Å². The van der Waals surface area contributed by atoms with Gasteiger partial charge >= 0.3 is 12.1 Å². The molecule has 2 aliphatic rings. The van der Waals surface area contributed by atoms with Crippen molar-refractivity contribution in [2.75, 3.05) is 18.5 Å². The summed E-state index contributed by atoms with van der Waals surface area (Å²) in [6, 6.07) is 11.4. The zero-order valence-electron chi connectivity index (χ0n) is 20.1. The maximum absolute atomic E-state index is 12.9. The number of hydroxylamine groups is 1. The first-order valence-corrected chi connectivity index (χ1v) is 12.4. The Bertz CT molecular complexity index is 1060. The van der Waals surface area contributed by atoms with E-state index in [0.29, 0.717) is 31.0 Å². The molecule has 4 rings (SSSR count). The molecule has 1 saturated heterocycles. The number of likely N-dealkylation sites (tertiary alicyclic amines) is 1. The largest absolute Gasteiger partial charge is 0.608 e. The number of hydrogen-bond donors (Lipinski definition) is 3. The fourth-order valence-corrected chi connectivity index (χ4v) is 5.31. The summed E-state index contributed by atoms with van der Waals surface area (Å²) < 4.78 is 5.40. The molecule has 0 radical (unpaired) electrons. The molecule has 0 bridgehead atoms. The minimum absolute atomic E-state index is 0.0375. The number of carboxylic acids is 1. The van der Waals surface area contributed by atoms with Crippen molar-refractivity contribution in [1.82, 2.24) is 4.90 Å². The number of aliphatic carboxylic acids is 1. The summed E-state index contributed by atoms with van der Waals surface area (Å²) in [6.07, 6.45) is 1.12. The van der Waals surface area contributed by atoms with Gasteiger partial charge in [0.2, 0.25) is 6.10 Å². The van der Waals surface area contributed by atoms with Gasteiger partial charge in [-0.25, -0.2) is 15.0 Å². The monoisotopic (exact) mass is 501 g/mol. The number of amides is 1. The van der Waals surface area contributed by atoms with Crippen LogP contribution in [0.5, 0.6) is 0 Å². The highest BCUT2D eigenvalue weighted by atomic mass is 35.5. The van der Waals surface area contributed by atoms with Gasteiger partial charge in [0.05, 0.1) is 5.69 Å². The van der Waals surface area contributed by atoms with Crippen LogP contribution in [0.2, 0.25) is 5.02 Å². The molecular weight excluding hydrogens is 470 g/mol. The Morgan fingerprint density at radius 3 is 2.51 bits per heavy atom. The van der Waals surface area contributed by atoms with E-state index in [1.807, 2.05) is 50.2 Å². The number of quaternary nitrogens is 1. The van der Waals surface area contributed by atoms with E-state index in [0.717, 1.165) is 40.8 Å². The molecule has 2 aliphatic heterocycles. The Morgan fingerprint density at radius 2 is 1.86 bits per heavy atom. The van der Waals surface area contributed by atoms with E-state index in [1.165, 1.54) is 0 Å². The number of nitrogens with one attached hydrogen (secondary N) is 2. The first-order chi connectivity index (χ1) is 16.7. The minimum atomic E-state index is -1.29. The number of fused-ring (bicyclic) bond motifs is 1. The van der Waals surface area contributed by atoms with Crippen LogP contribution in [0.1, 0.15) is 41.5 Å². The quantitative estimate of drug-likeness (QED) is 0.541. The maximum atomic E-state index is 12.9. The molecule has 2 unspecified atom stereocenters. The second kappa shape index (κ2) is 10.8. The van der Waals surface area contributed by atoms with E-state index < -0.39 is 18.2 Å². The number of nitrogens with zero attached hydrogens (tertiary/aromatic N) is 1. The summed E-state index contributed by atoms with van der Waals surface area (Å²) in [6.45, 7) is 4.59. The highest BCUT2D eigenvalue weighted by molar-refractivity contribution is 6.32. The van der Waals surface area contributed by atoms with E-state index >= 15 is 0 Å². The second-order valence-corrected chi connectivity index (χ2v) is 9.95. The average molecular weight is 502 g/mol. The van der Waals surface area contributed by atoms with Crippen molar-refractivity contribution in [3.05, 3.63) is 68.9 Å². The molecule has 1 amide bonds. The van der Waals surface area contributed by atoms with Crippen molar-refractivity contribution in [1.29, 1.82) is 0 Å².